The predicted octanol–water partition coefficient (Wildman–Crippen LogP) is 3.06. The highest BCUT2D eigenvalue weighted by Gasteiger charge is 2.28. The van der Waals surface area contributed by atoms with Gasteiger partial charge in [0.25, 0.3) is 0 Å². The van der Waals surface area contributed by atoms with Crippen LogP contribution in [0.15, 0.2) is 29.4 Å². The number of nitrogens with zero attached hydrogens (tertiary/aromatic N) is 5. The molecule has 30 heavy (non-hydrogen) atoms. The Morgan fingerprint density at radius 1 is 1.03 bits per heavy atom. The quantitative estimate of drug-likeness (QED) is 0.692. The molecule has 0 aliphatic carbocycles. The number of piperazine rings is 1. The van der Waals surface area contributed by atoms with Crippen LogP contribution in [0.25, 0.3) is 5.69 Å². The molecule has 2 heterocycles. The fraction of sp³-hybridized carbons (Fsp3) is 0.524. The number of amides is 2. The molecule has 3 rings (SSSR count). The lowest BCUT2D eigenvalue weighted by Gasteiger charge is -2.35. The highest BCUT2D eigenvalue weighted by atomic mass is 32.2. The number of benzene rings is 1. The highest BCUT2D eigenvalue weighted by Crippen LogP contribution is 2.24. The second-order valence-electron chi connectivity index (χ2n) is 8.29. The summed E-state index contributed by atoms with van der Waals surface area (Å²) in [5.41, 5.74) is 1.61. The third-order valence-corrected chi connectivity index (χ3v) is 5.67. The molecular weight excluding hydrogens is 402 g/mol. The van der Waals surface area contributed by atoms with Crippen molar-refractivity contribution in [2.75, 3.05) is 31.9 Å². The number of carbonyl (C=O) groups is 2. The van der Waals surface area contributed by atoms with Crippen molar-refractivity contribution in [1.29, 1.82) is 0 Å². The molecule has 0 bridgehead atoms. The minimum Gasteiger partial charge on any atom is -0.444 e. The second kappa shape index (κ2) is 9.07. The van der Waals surface area contributed by atoms with Gasteiger partial charge in [-0.05, 0) is 46.2 Å². The monoisotopic (exact) mass is 431 g/mol. The van der Waals surface area contributed by atoms with E-state index < -0.39 is 5.60 Å². The van der Waals surface area contributed by atoms with Crippen LogP contribution < -0.4 is 0 Å². The van der Waals surface area contributed by atoms with Crippen LogP contribution in [0.2, 0.25) is 0 Å². The summed E-state index contributed by atoms with van der Waals surface area (Å²) >= 11 is 1.38. The van der Waals surface area contributed by atoms with E-state index in [0.29, 0.717) is 31.3 Å². The predicted molar refractivity (Wildman–Crippen MR) is 116 cm³/mol. The summed E-state index contributed by atoms with van der Waals surface area (Å²) in [6.45, 7) is 11.4. The van der Waals surface area contributed by atoms with E-state index in [1.807, 2.05) is 63.5 Å². The van der Waals surface area contributed by atoms with Crippen LogP contribution >= 0.6 is 11.8 Å². The fourth-order valence-corrected chi connectivity index (χ4v) is 4.10. The molecule has 1 aromatic heterocycles. The van der Waals surface area contributed by atoms with E-state index in [9.17, 15) is 9.59 Å². The maximum atomic E-state index is 12.7. The van der Waals surface area contributed by atoms with Gasteiger partial charge in [-0.15, -0.1) is 10.2 Å². The molecule has 2 amide bonds. The number of aryl methyl sites for hydroxylation is 2. The van der Waals surface area contributed by atoms with Gasteiger partial charge in [-0.25, -0.2) is 4.79 Å². The lowest BCUT2D eigenvalue weighted by atomic mass is 10.2. The summed E-state index contributed by atoms with van der Waals surface area (Å²) in [7, 11) is 0. The van der Waals surface area contributed by atoms with Crippen LogP contribution in [0.4, 0.5) is 4.79 Å². The Hall–Kier alpha value is -2.55. The van der Waals surface area contributed by atoms with E-state index >= 15 is 0 Å². The van der Waals surface area contributed by atoms with E-state index in [-0.39, 0.29) is 17.8 Å². The van der Waals surface area contributed by atoms with Gasteiger partial charge in [0.15, 0.2) is 5.16 Å². The maximum Gasteiger partial charge on any atom is 0.410 e. The second-order valence-corrected chi connectivity index (χ2v) is 9.23. The zero-order valence-electron chi connectivity index (χ0n) is 18.2. The van der Waals surface area contributed by atoms with Gasteiger partial charge in [-0.3, -0.25) is 9.36 Å². The van der Waals surface area contributed by atoms with Gasteiger partial charge in [0, 0.05) is 26.2 Å². The van der Waals surface area contributed by atoms with Crippen molar-refractivity contribution in [2.24, 2.45) is 0 Å². The molecule has 0 atom stereocenters. The number of hydrogen-bond donors (Lipinski definition) is 0. The van der Waals surface area contributed by atoms with Crippen LogP contribution in [-0.2, 0) is 9.53 Å². The van der Waals surface area contributed by atoms with Crippen LogP contribution in [0.1, 0.15) is 32.2 Å². The van der Waals surface area contributed by atoms with Gasteiger partial charge in [-0.2, -0.15) is 0 Å². The summed E-state index contributed by atoms with van der Waals surface area (Å²) in [4.78, 5) is 28.3. The Balaban J connectivity index is 1.57. The van der Waals surface area contributed by atoms with Gasteiger partial charge in [0.1, 0.15) is 11.4 Å². The lowest BCUT2D eigenvalue weighted by Crippen LogP contribution is -2.52. The fourth-order valence-electron chi connectivity index (χ4n) is 3.21. The third kappa shape index (κ3) is 5.33. The summed E-state index contributed by atoms with van der Waals surface area (Å²) in [5, 5.41) is 9.14. The number of thioether (sulfide) groups is 1. The number of aromatic nitrogens is 3. The maximum absolute atomic E-state index is 12.7. The Bertz CT molecular complexity index is 914. The van der Waals surface area contributed by atoms with Crippen LogP contribution in [-0.4, -0.2) is 74.1 Å². The van der Waals surface area contributed by atoms with Crippen molar-refractivity contribution < 1.29 is 14.3 Å². The zero-order valence-corrected chi connectivity index (χ0v) is 19.0. The molecule has 2 aromatic rings. The van der Waals surface area contributed by atoms with Gasteiger partial charge < -0.3 is 14.5 Å². The number of carbonyl (C=O) groups excluding carboxylic acids is 2. The number of hydrogen-bond acceptors (Lipinski definition) is 6. The first-order valence-electron chi connectivity index (χ1n) is 10.0. The Morgan fingerprint density at radius 3 is 2.30 bits per heavy atom. The van der Waals surface area contributed by atoms with E-state index in [0.717, 1.165) is 17.1 Å². The third-order valence-electron chi connectivity index (χ3n) is 4.76. The first kappa shape index (κ1) is 22.1. The molecule has 0 N–H and O–H groups in total. The van der Waals surface area contributed by atoms with E-state index in [1.54, 1.807) is 9.80 Å². The normalized spacial score (nSPS) is 14.7. The van der Waals surface area contributed by atoms with Gasteiger partial charge >= 0.3 is 6.09 Å². The molecule has 1 aliphatic rings. The van der Waals surface area contributed by atoms with E-state index in [1.165, 1.54) is 11.8 Å². The van der Waals surface area contributed by atoms with Crippen molar-refractivity contribution in [1.82, 2.24) is 24.6 Å². The Labute approximate surface area is 181 Å². The smallest absolute Gasteiger partial charge is 0.410 e. The molecule has 9 heteroatoms. The van der Waals surface area contributed by atoms with E-state index in [4.69, 9.17) is 4.74 Å². The number of rotatable bonds is 4. The molecule has 1 saturated heterocycles. The Morgan fingerprint density at radius 2 is 1.67 bits per heavy atom. The molecule has 162 valence electrons. The molecule has 1 aromatic carbocycles. The summed E-state index contributed by atoms with van der Waals surface area (Å²) in [5.74, 6) is 1.09. The van der Waals surface area contributed by atoms with Crippen LogP contribution in [0.3, 0.4) is 0 Å². The SMILES string of the molecule is Cc1ccccc1-n1c(C)nnc1SCC(=O)N1CCN(C(=O)OC(C)(C)C)CC1. The molecule has 0 saturated carbocycles. The molecule has 1 fully saturated rings. The molecule has 0 unspecified atom stereocenters. The highest BCUT2D eigenvalue weighted by molar-refractivity contribution is 7.99. The summed E-state index contributed by atoms with van der Waals surface area (Å²) < 4.78 is 7.39. The average Bonchev–Trinajstić information content (AvgIpc) is 3.05. The standard InChI is InChI=1S/C21H29N5O3S/c1-15-8-6-7-9-17(15)26-16(2)22-23-19(26)30-14-18(27)24-10-12-25(13-11-24)20(28)29-21(3,4)5/h6-9H,10-14H2,1-5H3. The van der Waals surface area contributed by atoms with Crippen molar-refractivity contribution >= 4 is 23.8 Å². The molecule has 1 aliphatic heterocycles. The zero-order chi connectivity index (χ0) is 21.9. The molecule has 0 spiro atoms. The molecular formula is C21H29N5O3S. The number of ether oxygens (including phenoxy) is 1. The van der Waals surface area contributed by atoms with Crippen molar-refractivity contribution in [2.45, 2.75) is 45.4 Å². The Kier molecular flexibility index (Phi) is 6.70. The van der Waals surface area contributed by atoms with Gasteiger partial charge in [0.05, 0.1) is 11.4 Å². The first-order chi connectivity index (χ1) is 14.2. The first-order valence-corrected chi connectivity index (χ1v) is 11.0. The largest absolute Gasteiger partial charge is 0.444 e. The van der Waals surface area contributed by atoms with Crippen molar-refractivity contribution in [3.8, 4) is 5.69 Å². The summed E-state index contributed by atoms with van der Waals surface area (Å²) in [6.07, 6.45) is -0.328. The van der Waals surface area contributed by atoms with E-state index in [2.05, 4.69) is 10.2 Å². The minimum absolute atomic E-state index is 0.0285. The summed E-state index contributed by atoms with van der Waals surface area (Å²) in [6, 6.07) is 8.03. The topological polar surface area (TPSA) is 80.6 Å². The van der Waals surface area contributed by atoms with Gasteiger partial charge in [0.2, 0.25) is 5.91 Å². The van der Waals surface area contributed by atoms with Crippen molar-refractivity contribution in [3.63, 3.8) is 0 Å². The van der Waals surface area contributed by atoms with Crippen LogP contribution in [0, 0.1) is 13.8 Å². The van der Waals surface area contributed by atoms with Gasteiger partial charge in [-0.1, -0.05) is 30.0 Å². The minimum atomic E-state index is -0.522. The lowest BCUT2D eigenvalue weighted by molar-refractivity contribution is -0.130. The van der Waals surface area contributed by atoms with Crippen molar-refractivity contribution in [3.05, 3.63) is 35.7 Å². The molecule has 0 radical (unpaired) electrons. The number of para-hydroxylation sites is 1. The molecule has 8 nitrogen and oxygen atoms in total. The average molecular weight is 432 g/mol. The van der Waals surface area contributed by atoms with Crippen LogP contribution in [0.5, 0.6) is 0 Å².